The van der Waals surface area contributed by atoms with E-state index in [1.165, 1.54) is 31.4 Å². The van der Waals surface area contributed by atoms with E-state index in [9.17, 15) is 13.2 Å². The maximum absolute atomic E-state index is 11.4. The highest BCUT2D eigenvalue weighted by Crippen LogP contribution is 2.18. The fourth-order valence-corrected chi connectivity index (χ4v) is 2.99. The Morgan fingerprint density at radius 3 is 2.08 bits per heavy atom. The summed E-state index contributed by atoms with van der Waals surface area (Å²) < 4.78 is 35.0. The number of hydrogen-bond donors (Lipinski definition) is 1. The van der Waals surface area contributed by atoms with Gasteiger partial charge in [0.05, 0.1) is 11.4 Å². The van der Waals surface area contributed by atoms with Crippen molar-refractivity contribution in [3.63, 3.8) is 0 Å². The first-order valence-electron chi connectivity index (χ1n) is 8.27. The Labute approximate surface area is 144 Å². The standard InChI is InChI=1S/C8H7NO3S.C6H14O2.C3H6/c10-7-5-9-13(11,12)8-4-2-1-3-6(7)8;1-4-7-6(3)8-5-2;1-2-3-1/h1-4,9H,5H2;6H,4-5H2,1-3H3;1-3H2. The zero-order chi connectivity index (χ0) is 18.0. The van der Waals surface area contributed by atoms with Crippen molar-refractivity contribution in [1.82, 2.24) is 4.72 Å². The number of sulfonamides is 1. The summed E-state index contributed by atoms with van der Waals surface area (Å²) in [6.07, 6.45) is 4.46. The van der Waals surface area contributed by atoms with E-state index in [2.05, 4.69) is 4.72 Å². The van der Waals surface area contributed by atoms with Crippen molar-refractivity contribution < 1.29 is 22.7 Å². The van der Waals surface area contributed by atoms with Crippen molar-refractivity contribution in [3.8, 4) is 0 Å². The summed E-state index contributed by atoms with van der Waals surface area (Å²) in [7, 11) is -3.45. The van der Waals surface area contributed by atoms with Crippen LogP contribution in [0.5, 0.6) is 0 Å². The van der Waals surface area contributed by atoms with Gasteiger partial charge in [-0.05, 0) is 32.9 Å². The Morgan fingerprint density at radius 2 is 1.62 bits per heavy atom. The molecule has 1 saturated carbocycles. The van der Waals surface area contributed by atoms with Crippen molar-refractivity contribution in [2.45, 2.75) is 51.2 Å². The zero-order valence-electron chi connectivity index (χ0n) is 14.6. The quantitative estimate of drug-likeness (QED) is 0.838. The van der Waals surface area contributed by atoms with Crippen LogP contribution in [-0.2, 0) is 19.5 Å². The summed E-state index contributed by atoms with van der Waals surface area (Å²) in [5, 5.41) is 0. The minimum atomic E-state index is -3.45. The molecule has 0 unspecified atom stereocenters. The Morgan fingerprint density at radius 1 is 1.08 bits per heavy atom. The van der Waals surface area contributed by atoms with E-state index in [0.29, 0.717) is 0 Å². The maximum Gasteiger partial charge on any atom is 0.241 e. The van der Waals surface area contributed by atoms with Crippen molar-refractivity contribution in [2.75, 3.05) is 19.8 Å². The lowest BCUT2D eigenvalue weighted by atomic mass is 10.1. The first kappa shape index (κ1) is 20.8. The number of ether oxygens (including phenoxy) is 2. The van der Waals surface area contributed by atoms with Crippen molar-refractivity contribution in [1.29, 1.82) is 0 Å². The highest BCUT2D eigenvalue weighted by Gasteiger charge is 2.27. The number of carbonyl (C=O) groups is 1. The van der Waals surface area contributed by atoms with E-state index in [1.54, 1.807) is 12.1 Å². The lowest BCUT2D eigenvalue weighted by molar-refractivity contribution is -0.123. The molecule has 0 atom stereocenters. The fourth-order valence-electron chi connectivity index (χ4n) is 1.78. The molecule has 0 amide bonds. The number of rotatable bonds is 4. The summed E-state index contributed by atoms with van der Waals surface area (Å²) in [6, 6.07) is 6.19. The molecule has 1 heterocycles. The molecule has 0 radical (unpaired) electrons. The van der Waals surface area contributed by atoms with E-state index in [4.69, 9.17) is 9.47 Å². The van der Waals surface area contributed by atoms with Crippen molar-refractivity contribution >= 4 is 15.8 Å². The fraction of sp³-hybridized carbons (Fsp3) is 0.588. The van der Waals surface area contributed by atoms with Crippen LogP contribution in [0.15, 0.2) is 29.2 Å². The molecule has 0 spiro atoms. The molecule has 0 bridgehead atoms. The highest BCUT2D eigenvalue weighted by atomic mass is 32.2. The topological polar surface area (TPSA) is 81.7 Å². The second-order valence-electron chi connectivity index (χ2n) is 5.28. The molecule has 1 aliphatic heterocycles. The largest absolute Gasteiger partial charge is 0.353 e. The van der Waals surface area contributed by atoms with Crippen molar-refractivity contribution in [3.05, 3.63) is 29.8 Å². The summed E-state index contributed by atoms with van der Waals surface area (Å²) in [5.41, 5.74) is 0.279. The number of carbonyl (C=O) groups excluding carboxylic acids is 1. The third-order valence-corrected chi connectivity index (χ3v) is 4.52. The highest BCUT2D eigenvalue weighted by molar-refractivity contribution is 7.89. The molecule has 1 fully saturated rings. The van der Waals surface area contributed by atoms with Crippen LogP contribution in [-0.4, -0.2) is 40.2 Å². The normalized spacial score (nSPS) is 17.1. The van der Waals surface area contributed by atoms with Gasteiger partial charge in [-0.15, -0.1) is 0 Å². The van der Waals surface area contributed by atoms with E-state index >= 15 is 0 Å². The monoisotopic (exact) mass is 357 g/mol. The minimum Gasteiger partial charge on any atom is -0.353 e. The molecular formula is C17H27NO5S. The second kappa shape index (κ2) is 10.6. The molecule has 1 aliphatic carbocycles. The van der Waals surface area contributed by atoms with Gasteiger partial charge >= 0.3 is 0 Å². The Hall–Kier alpha value is -1.28. The molecule has 6 nitrogen and oxygen atoms in total. The smallest absolute Gasteiger partial charge is 0.241 e. The van der Waals surface area contributed by atoms with Gasteiger partial charge in [0, 0.05) is 18.8 Å². The molecule has 1 aromatic carbocycles. The average molecular weight is 357 g/mol. The van der Waals surface area contributed by atoms with E-state index in [-0.39, 0.29) is 29.1 Å². The van der Waals surface area contributed by atoms with Crippen LogP contribution in [0.1, 0.15) is 50.4 Å². The van der Waals surface area contributed by atoms with Crippen LogP contribution in [0.25, 0.3) is 0 Å². The molecule has 1 N–H and O–H groups in total. The predicted molar refractivity (Wildman–Crippen MR) is 92.5 cm³/mol. The second-order valence-corrected chi connectivity index (χ2v) is 7.02. The lowest BCUT2D eigenvalue weighted by Crippen LogP contribution is -2.36. The lowest BCUT2D eigenvalue weighted by Gasteiger charge is -2.15. The molecular weight excluding hydrogens is 330 g/mol. The molecule has 7 heteroatoms. The van der Waals surface area contributed by atoms with E-state index in [0.717, 1.165) is 13.2 Å². The Kier molecular flexibility index (Phi) is 9.13. The predicted octanol–water partition coefficient (Wildman–Crippen LogP) is 2.74. The van der Waals surface area contributed by atoms with Crippen LogP contribution in [0.2, 0.25) is 0 Å². The summed E-state index contributed by atoms with van der Waals surface area (Å²) in [6.45, 7) is 7.11. The van der Waals surface area contributed by atoms with Gasteiger partial charge in [0.1, 0.15) is 0 Å². The van der Waals surface area contributed by atoms with Gasteiger partial charge in [-0.25, -0.2) is 13.1 Å². The third kappa shape index (κ3) is 7.53. The third-order valence-electron chi connectivity index (χ3n) is 3.06. The summed E-state index contributed by atoms with van der Waals surface area (Å²) in [5.74, 6) is -0.189. The van der Waals surface area contributed by atoms with Crippen molar-refractivity contribution in [2.24, 2.45) is 0 Å². The Balaban J connectivity index is 0.000000222. The maximum atomic E-state index is 11.4. The molecule has 1 aromatic rings. The number of nitrogens with one attached hydrogen (secondary N) is 1. The molecule has 0 saturated heterocycles. The van der Waals surface area contributed by atoms with Gasteiger partial charge in [0.2, 0.25) is 10.0 Å². The van der Waals surface area contributed by atoms with Gasteiger partial charge in [-0.2, -0.15) is 0 Å². The van der Waals surface area contributed by atoms with E-state index < -0.39 is 10.0 Å². The van der Waals surface area contributed by atoms with E-state index in [1.807, 2.05) is 20.8 Å². The number of fused-ring (bicyclic) bond motifs is 1. The van der Waals surface area contributed by atoms with Crippen LogP contribution >= 0.6 is 0 Å². The van der Waals surface area contributed by atoms with Gasteiger partial charge in [0.25, 0.3) is 0 Å². The number of ketones is 1. The molecule has 136 valence electrons. The number of benzene rings is 1. The molecule has 3 rings (SSSR count). The Bertz CT molecular complexity index is 604. The van der Waals surface area contributed by atoms with Gasteiger partial charge in [-0.1, -0.05) is 31.4 Å². The first-order valence-corrected chi connectivity index (χ1v) is 9.75. The summed E-state index contributed by atoms with van der Waals surface area (Å²) in [4.78, 5) is 11.3. The number of Topliss-reactive ketones (excluding diaryl/α,β-unsaturated/α-hetero) is 1. The van der Waals surface area contributed by atoms with Crippen LogP contribution in [0, 0.1) is 0 Å². The first-order chi connectivity index (χ1) is 11.4. The van der Waals surface area contributed by atoms with Crippen LogP contribution in [0.4, 0.5) is 0 Å². The summed E-state index contributed by atoms with van der Waals surface area (Å²) >= 11 is 0. The molecule has 2 aliphatic rings. The minimum absolute atomic E-state index is 0.0370. The SMILES string of the molecule is C1CC1.CCOC(C)OCC.O=C1CNS(=O)(=O)c2ccccc21. The van der Waals surface area contributed by atoms with Crippen LogP contribution in [0.3, 0.4) is 0 Å². The van der Waals surface area contributed by atoms with Gasteiger partial charge < -0.3 is 9.47 Å². The van der Waals surface area contributed by atoms with Gasteiger partial charge in [0.15, 0.2) is 12.1 Å². The zero-order valence-corrected chi connectivity index (χ0v) is 15.4. The van der Waals surface area contributed by atoms with Gasteiger partial charge in [-0.3, -0.25) is 4.79 Å². The average Bonchev–Trinajstić information content (AvgIpc) is 3.42. The molecule has 24 heavy (non-hydrogen) atoms. The number of hydrogen-bond acceptors (Lipinski definition) is 5. The molecule has 0 aromatic heterocycles. The van der Waals surface area contributed by atoms with Crippen LogP contribution < -0.4 is 4.72 Å².